The fourth-order valence-electron chi connectivity index (χ4n) is 8.52. The predicted octanol–water partition coefficient (Wildman–Crippen LogP) is 13.1. The number of allylic oxidation sites excluding steroid dienone is 2. The molecule has 0 aliphatic rings. The standard InChI is InChI=1S/C26H18ClN3O2S.C26H24ClN3O2S/c27-20-4-6-25-22(10-20)19(14-33-25)13-30-12-18(9-26(31)32)21-5-3-16(8-24(21)30)15-1-2-17-11-28-29-23(17)7-15;1-2-3-18(22-13-20(27)5-7-24(22)33)14-30-15-19(12-26(31)32)21-6-4-16(10-23(21)30)17-8-9-29-25(28)11-17/h1-8,10-12,14H,9,13H2,(H,28,29)(H,31,32);3-11,13,15,33H,2,12,14H2,1H3,(H2,28,29)(H,31,32)/b;18-3-. The third-order valence-electron chi connectivity index (χ3n) is 11.6. The number of aliphatic carboxylic acids is 2. The highest BCUT2D eigenvalue weighted by Gasteiger charge is 2.17. The number of hydrogen-bond acceptors (Lipinski definition) is 7. The molecule has 0 saturated carbocycles. The molecule has 0 aliphatic carbocycles. The van der Waals surface area contributed by atoms with Crippen molar-refractivity contribution in [2.24, 2.45) is 0 Å². The van der Waals surface area contributed by atoms with Crippen molar-refractivity contribution in [3.63, 3.8) is 0 Å². The first-order valence-corrected chi connectivity index (χ1v) is 23.1. The molecule has 5 N–H and O–H groups in total. The van der Waals surface area contributed by atoms with Gasteiger partial charge in [0.15, 0.2) is 0 Å². The first kappa shape index (κ1) is 44.4. The Morgan fingerprint density at radius 3 is 2.09 bits per heavy atom. The number of halogens is 2. The summed E-state index contributed by atoms with van der Waals surface area (Å²) in [6.45, 7) is 3.28. The quantitative estimate of drug-likeness (QED) is 0.0765. The molecular formula is C52H42Cl2N6O4S2. The minimum absolute atomic E-state index is 0.0147. The van der Waals surface area contributed by atoms with E-state index in [4.69, 9.17) is 28.9 Å². The number of aromatic nitrogens is 5. The van der Waals surface area contributed by atoms with Gasteiger partial charge in [0.05, 0.1) is 24.6 Å². The Bertz CT molecular complexity index is 3510. The molecule has 5 aromatic heterocycles. The Kier molecular flexibility index (Phi) is 12.7. The van der Waals surface area contributed by atoms with Crippen molar-refractivity contribution >= 4 is 113 Å². The van der Waals surface area contributed by atoms with Gasteiger partial charge in [0.25, 0.3) is 0 Å². The molecule has 10 nitrogen and oxygen atoms in total. The Balaban J connectivity index is 0.000000166. The molecule has 0 unspecified atom stereocenters. The topological polar surface area (TPSA) is 152 Å². The van der Waals surface area contributed by atoms with E-state index in [0.717, 1.165) is 93.9 Å². The maximum absolute atomic E-state index is 11.5. The van der Waals surface area contributed by atoms with Crippen molar-refractivity contribution < 1.29 is 19.8 Å². The first-order valence-electron chi connectivity index (χ1n) is 21.1. The normalized spacial score (nSPS) is 11.7. The zero-order valence-electron chi connectivity index (χ0n) is 35.5. The van der Waals surface area contributed by atoms with Crippen LogP contribution in [0.25, 0.3) is 70.6 Å². The molecule has 0 radical (unpaired) electrons. The number of nitrogens with zero attached hydrogens (tertiary/aromatic N) is 4. The van der Waals surface area contributed by atoms with Crippen LogP contribution in [-0.2, 0) is 35.5 Å². The van der Waals surface area contributed by atoms with Crippen LogP contribution < -0.4 is 5.73 Å². The number of H-pyrrole nitrogens is 1. The molecule has 330 valence electrons. The Morgan fingerprint density at radius 2 is 1.39 bits per heavy atom. The number of carbonyl (C=O) groups is 2. The van der Waals surface area contributed by atoms with Crippen LogP contribution in [0, 0.1) is 0 Å². The van der Waals surface area contributed by atoms with Gasteiger partial charge >= 0.3 is 11.9 Å². The van der Waals surface area contributed by atoms with Gasteiger partial charge in [-0.3, -0.25) is 14.7 Å². The number of thiol groups is 1. The van der Waals surface area contributed by atoms with E-state index in [9.17, 15) is 19.8 Å². The summed E-state index contributed by atoms with van der Waals surface area (Å²) in [6, 6.07) is 33.8. The first-order chi connectivity index (χ1) is 31.9. The summed E-state index contributed by atoms with van der Waals surface area (Å²) in [6.07, 6.45) is 10.3. The molecule has 66 heavy (non-hydrogen) atoms. The zero-order chi connectivity index (χ0) is 46.1. The lowest BCUT2D eigenvalue weighted by molar-refractivity contribution is -0.137. The number of fused-ring (bicyclic) bond motifs is 4. The third-order valence-corrected chi connectivity index (χ3v) is 13.4. The van der Waals surface area contributed by atoms with Gasteiger partial charge in [-0.15, -0.1) is 24.0 Å². The predicted molar refractivity (Wildman–Crippen MR) is 272 cm³/mol. The second kappa shape index (κ2) is 18.9. The number of benzene rings is 5. The Hall–Kier alpha value is -6.83. The van der Waals surface area contributed by atoms with Gasteiger partial charge in [-0.1, -0.05) is 72.6 Å². The lowest BCUT2D eigenvalue weighted by atomic mass is 10.0. The number of carboxylic acid groups (broad SMARTS) is 2. The molecule has 0 aliphatic heterocycles. The van der Waals surface area contributed by atoms with E-state index in [-0.39, 0.29) is 12.8 Å². The maximum Gasteiger partial charge on any atom is 0.307 e. The molecule has 0 fully saturated rings. The molecule has 10 aromatic rings. The lowest BCUT2D eigenvalue weighted by Crippen LogP contribution is -2.02. The van der Waals surface area contributed by atoms with Crippen molar-refractivity contribution in [1.82, 2.24) is 24.3 Å². The highest BCUT2D eigenvalue weighted by molar-refractivity contribution is 7.80. The molecule has 5 heterocycles. The smallest absolute Gasteiger partial charge is 0.307 e. The number of rotatable bonds is 12. The summed E-state index contributed by atoms with van der Waals surface area (Å²) in [5, 5.41) is 33.6. The summed E-state index contributed by atoms with van der Waals surface area (Å²) in [7, 11) is 0. The minimum Gasteiger partial charge on any atom is -0.481 e. The van der Waals surface area contributed by atoms with Gasteiger partial charge < -0.3 is 25.1 Å². The molecule has 14 heteroatoms. The summed E-state index contributed by atoms with van der Waals surface area (Å²) in [5.74, 6) is -1.25. The van der Waals surface area contributed by atoms with E-state index in [2.05, 4.69) is 91.7 Å². The number of nitrogens with one attached hydrogen (secondary N) is 1. The number of thiophene rings is 1. The van der Waals surface area contributed by atoms with Gasteiger partial charge in [-0.25, -0.2) is 4.98 Å². The summed E-state index contributed by atoms with van der Waals surface area (Å²) in [4.78, 5) is 27.9. The fourth-order valence-corrected chi connectivity index (χ4v) is 10.1. The van der Waals surface area contributed by atoms with Crippen LogP contribution in [0.3, 0.4) is 0 Å². The minimum atomic E-state index is -0.864. The van der Waals surface area contributed by atoms with Crippen molar-refractivity contribution in [1.29, 1.82) is 0 Å². The molecule has 0 amide bonds. The van der Waals surface area contributed by atoms with E-state index in [1.165, 1.54) is 10.3 Å². The van der Waals surface area contributed by atoms with Gasteiger partial charge in [0.1, 0.15) is 5.82 Å². The van der Waals surface area contributed by atoms with Crippen LogP contribution in [0.2, 0.25) is 10.0 Å². The van der Waals surface area contributed by atoms with Crippen LogP contribution in [0.15, 0.2) is 144 Å². The van der Waals surface area contributed by atoms with Crippen LogP contribution in [0.5, 0.6) is 0 Å². The highest BCUT2D eigenvalue weighted by atomic mass is 35.5. The molecule has 0 saturated heterocycles. The monoisotopic (exact) mass is 948 g/mol. The molecule has 5 aromatic carbocycles. The van der Waals surface area contributed by atoms with Gasteiger partial charge in [-0.05, 0) is 134 Å². The molecule has 0 atom stereocenters. The largest absolute Gasteiger partial charge is 0.481 e. The second-order valence-electron chi connectivity index (χ2n) is 16.0. The Labute approximate surface area is 399 Å². The highest BCUT2D eigenvalue weighted by Crippen LogP contribution is 2.35. The molecule has 10 rings (SSSR count). The van der Waals surface area contributed by atoms with Gasteiger partial charge in [0.2, 0.25) is 0 Å². The maximum atomic E-state index is 11.5. The van der Waals surface area contributed by atoms with Crippen molar-refractivity contribution in [2.75, 3.05) is 5.73 Å². The third kappa shape index (κ3) is 9.45. The van der Waals surface area contributed by atoms with E-state index in [0.29, 0.717) is 29.0 Å². The van der Waals surface area contributed by atoms with Crippen molar-refractivity contribution in [3.8, 4) is 22.3 Å². The number of carboxylic acids is 2. The van der Waals surface area contributed by atoms with Crippen LogP contribution in [-0.4, -0.2) is 46.5 Å². The Morgan fingerprint density at radius 1 is 0.758 bits per heavy atom. The summed E-state index contributed by atoms with van der Waals surface area (Å²) < 4.78 is 5.43. The molecular weight excluding hydrogens is 908 g/mol. The summed E-state index contributed by atoms with van der Waals surface area (Å²) >= 11 is 18.9. The van der Waals surface area contributed by atoms with Crippen LogP contribution in [0.1, 0.15) is 35.6 Å². The second-order valence-corrected chi connectivity index (χ2v) is 18.3. The SMILES string of the molecule is CC/C=C(/Cn1cc(CC(=O)O)c2ccc(-c3ccnc(N)c3)cc21)c1cc(Cl)ccc1S.O=C(O)Cc1cn(Cc2csc3ccc(Cl)cc23)c2cc(-c3ccc4cn[nH]c4c3)ccc12. The van der Waals surface area contributed by atoms with Gasteiger partial charge in [-0.2, -0.15) is 5.10 Å². The summed E-state index contributed by atoms with van der Waals surface area (Å²) in [5.41, 5.74) is 17.7. The van der Waals surface area contributed by atoms with Gasteiger partial charge in [0, 0.05) is 78.5 Å². The molecule has 0 bridgehead atoms. The number of nitrogens with two attached hydrogens (primary N) is 1. The van der Waals surface area contributed by atoms with Crippen LogP contribution in [0.4, 0.5) is 5.82 Å². The average molecular weight is 950 g/mol. The number of anilines is 1. The van der Waals surface area contributed by atoms with E-state index in [1.807, 2.05) is 85.3 Å². The van der Waals surface area contributed by atoms with E-state index >= 15 is 0 Å². The van der Waals surface area contributed by atoms with Crippen LogP contribution >= 0.6 is 47.2 Å². The van der Waals surface area contributed by atoms with Crippen molar-refractivity contribution in [2.45, 2.75) is 44.2 Å². The average Bonchev–Trinajstić information content (AvgIpc) is 4.09. The van der Waals surface area contributed by atoms with E-state index in [1.54, 1.807) is 17.5 Å². The fraction of sp³-hybridized carbons (Fsp3) is 0.115. The lowest BCUT2D eigenvalue weighted by Gasteiger charge is -2.14. The number of pyridine rings is 1. The van der Waals surface area contributed by atoms with E-state index < -0.39 is 11.9 Å². The zero-order valence-corrected chi connectivity index (χ0v) is 38.7. The number of nitrogen functional groups attached to an aromatic ring is 1. The molecule has 0 spiro atoms. The number of hydrogen-bond donors (Lipinski definition) is 5. The van der Waals surface area contributed by atoms with Crippen molar-refractivity contribution in [3.05, 3.63) is 172 Å². The number of aromatic amines is 1.